The molecule has 128 valence electrons. The molecule has 4 nitrogen and oxygen atoms in total. The minimum atomic E-state index is -3.70. The molecule has 0 bridgehead atoms. The summed E-state index contributed by atoms with van der Waals surface area (Å²) in [7, 11) is -3.70. The van der Waals surface area contributed by atoms with Crippen molar-refractivity contribution in [2.75, 3.05) is 10.0 Å². The van der Waals surface area contributed by atoms with Gasteiger partial charge in [-0.25, -0.2) is 21.6 Å². The van der Waals surface area contributed by atoms with Crippen LogP contribution in [-0.4, -0.2) is 13.7 Å². The number of benzene rings is 2. The van der Waals surface area contributed by atoms with E-state index in [0.717, 1.165) is 18.2 Å². The Morgan fingerprint density at radius 1 is 1.00 bits per heavy atom. The van der Waals surface area contributed by atoms with E-state index in [9.17, 15) is 21.6 Å². The predicted octanol–water partition coefficient (Wildman–Crippen LogP) is 4.41. The van der Waals surface area contributed by atoms with Crippen LogP contribution in [0.3, 0.4) is 0 Å². The standard InChI is InChI=1S/C15H12ClF3N2O2S/c16-8-1-5-12(11(18)7-8)20-15-13(6-4-10(17)14(15)19)21-24(22,23)9-2-3-9/h1,4-7,9,20-21H,2-3H2. The second-order valence-electron chi connectivity index (χ2n) is 5.38. The number of nitrogens with one attached hydrogen (secondary N) is 2. The SMILES string of the molecule is O=S(=O)(Nc1ccc(F)c(F)c1Nc1ccc(Cl)cc1F)C1CC1. The highest BCUT2D eigenvalue weighted by atomic mass is 35.5. The Hall–Kier alpha value is -1.93. The van der Waals surface area contributed by atoms with Gasteiger partial charge < -0.3 is 5.32 Å². The van der Waals surface area contributed by atoms with Gasteiger partial charge >= 0.3 is 0 Å². The van der Waals surface area contributed by atoms with Crippen molar-refractivity contribution in [3.8, 4) is 0 Å². The highest BCUT2D eigenvalue weighted by molar-refractivity contribution is 7.93. The zero-order valence-electron chi connectivity index (χ0n) is 12.1. The highest BCUT2D eigenvalue weighted by Crippen LogP contribution is 2.35. The van der Waals surface area contributed by atoms with Gasteiger partial charge in [-0.05, 0) is 43.2 Å². The van der Waals surface area contributed by atoms with Gasteiger partial charge in [-0.2, -0.15) is 0 Å². The van der Waals surface area contributed by atoms with E-state index >= 15 is 0 Å². The zero-order chi connectivity index (χ0) is 17.5. The van der Waals surface area contributed by atoms with Gasteiger partial charge in [0.2, 0.25) is 10.0 Å². The monoisotopic (exact) mass is 376 g/mol. The number of hydrogen-bond donors (Lipinski definition) is 2. The van der Waals surface area contributed by atoms with Crippen LogP contribution in [0.2, 0.25) is 5.02 Å². The van der Waals surface area contributed by atoms with Crippen molar-refractivity contribution >= 4 is 38.7 Å². The summed E-state index contributed by atoms with van der Waals surface area (Å²) in [6, 6.07) is 5.46. The molecular formula is C15H12ClF3N2O2S. The Kier molecular flexibility index (Phi) is 4.35. The molecule has 3 rings (SSSR count). The maximum absolute atomic E-state index is 14.1. The third-order valence-electron chi connectivity index (χ3n) is 3.50. The van der Waals surface area contributed by atoms with Crippen LogP contribution in [0.25, 0.3) is 0 Å². The van der Waals surface area contributed by atoms with E-state index < -0.39 is 38.4 Å². The maximum atomic E-state index is 14.1. The van der Waals surface area contributed by atoms with Crippen LogP contribution >= 0.6 is 11.6 Å². The highest BCUT2D eigenvalue weighted by Gasteiger charge is 2.36. The summed E-state index contributed by atoms with van der Waals surface area (Å²) in [4.78, 5) is 0. The second kappa shape index (κ2) is 6.18. The molecule has 0 amide bonds. The first kappa shape index (κ1) is 16.9. The van der Waals surface area contributed by atoms with Gasteiger partial charge in [0.05, 0.1) is 16.6 Å². The van der Waals surface area contributed by atoms with E-state index in [4.69, 9.17) is 11.6 Å². The van der Waals surface area contributed by atoms with E-state index in [-0.39, 0.29) is 16.4 Å². The van der Waals surface area contributed by atoms with Crippen molar-refractivity contribution in [3.05, 3.63) is 52.8 Å². The summed E-state index contributed by atoms with van der Waals surface area (Å²) in [6.45, 7) is 0. The fourth-order valence-corrected chi connectivity index (χ4v) is 3.66. The van der Waals surface area contributed by atoms with Crippen molar-refractivity contribution in [2.24, 2.45) is 0 Å². The van der Waals surface area contributed by atoms with Crippen molar-refractivity contribution in [3.63, 3.8) is 0 Å². The maximum Gasteiger partial charge on any atom is 0.235 e. The average molecular weight is 377 g/mol. The van der Waals surface area contributed by atoms with Crippen LogP contribution < -0.4 is 10.0 Å². The second-order valence-corrected chi connectivity index (χ2v) is 7.78. The molecule has 0 spiro atoms. The molecule has 0 atom stereocenters. The molecule has 9 heteroatoms. The third kappa shape index (κ3) is 3.44. The number of rotatable bonds is 5. The molecule has 2 N–H and O–H groups in total. The van der Waals surface area contributed by atoms with E-state index in [0.29, 0.717) is 12.8 Å². The molecule has 1 saturated carbocycles. The van der Waals surface area contributed by atoms with Gasteiger partial charge in [0.15, 0.2) is 11.6 Å². The minimum Gasteiger partial charge on any atom is -0.349 e. The van der Waals surface area contributed by atoms with Gasteiger partial charge in [0.1, 0.15) is 11.5 Å². The zero-order valence-corrected chi connectivity index (χ0v) is 13.7. The molecule has 0 aliphatic heterocycles. The summed E-state index contributed by atoms with van der Waals surface area (Å²) in [6.07, 6.45) is 1.02. The lowest BCUT2D eigenvalue weighted by molar-refractivity contribution is 0.512. The Morgan fingerprint density at radius 3 is 2.29 bits per heavy atom. The van der Waals surface area contributed by atoms with E-state index in [1.165, 1.54) is 12.1 Å². The minimum absolute atomic E-state index is 0.132. The van der Waals surface area contributed by atoms with E-state index in [1.54, 1.807) is 0 Å². The van der Waals surface area contributed by atoms with Gasteiger partial charge in [-0.3, -0.25) is 4.72 Å². The van der Waals surface area contributed by atoms with Crippen LogP contribution in [0.15, 0.2) is 30.3 Å². The molecule has 0 aromatic heterocycles. The molecule has 1 aliphatic rings. The van der Waals surface area contributed by atoms with Crippen molar-refractivity contribution in [1.82, 2.24) is 0 Å². The smallest absolute Gasteiger partial charge is 0.235 e. The molecule has 0 unspecified atom stereocenters. The molecular weight excluding hydrogens is 365 g/mol. The molecule has 2 aromatic carbocycles. The Balaban J connectivity index is 2.00. The van der Waals surface area contributed by atoms with Crippen LogP contribution in [0.4, 0.5) is 30.2 Å². The van der Waals surface area contributed by atoms with Crippen LogP contribution in [0, 0.1) is 17.5 Å². The molecule has 0 radical (unpaired) electrons. The summed E-state index contributed by atoms with van der Waals surface area (Å²) < 4.78 is 67.8. The molecule has 2 aromatic rings. The molecule has 1 fully saturated rings. The Morgan fingerprint density at radius 2 is 1.67 bits per heavy atom. The lowest BCUT2D eigenvalue weighted by Gasteiger charge is -2.16. The fraction of sp³-hybridized carbons (Fsp3) is 0.200. The van der Waals surface area contributed by atoms with Gasteiger partial charge in [-0.1, -0.05) is 11.6 Å². The van der Waals surface area contributed by atoms with Crippen molar-refractivity contribution in [2.45, 2.75) is 18.1 Å². The van der Waals surface area contributed by atoms with Gasteiger partial charge in [-0.15, -0.1) is 0 Å². The topological polar surface area (TPSA) is 58.2 Å². The van der Waals surface area contributed by atoms with Crippen molar-refractivity contribution in [1.29, 1.82) is 0 Å². The quantitative estimate of drug-likeness (QED) is 0.812. The number of hydrogen-bond acceptors (Lipinski definition) is 3. The van der Waals surface area contributed by atoms with Crippen LogP contribution in [-0.2, 0) is 10.0 Å². The first-order valence-electron chi connectivity index (χ1n) is 6.99. The normalized spacial score (nSPS) is 14.5. The fourth-order valence-electron chi connectivity index (χ4n) is 2.10. The Labute approximate surface area is 141 Å². The first-order valence-corrected chi connectivity index (χ1v) is 8.92. The lowest BCUT2D eigenvalue weighted by atomic mass is 10.2. The predicted molar refractivity (Wildman–Crippen MR) is 86.6 cm³/mol. The molecule has 0 saturated heterocycles. The first-order chi connectivity index (χ1) is 11.3. The average Bonchev–Trinajstić information content (AvgIpc) is 3.34. The Bertz CT molecular complexity index is 902. The number of halogens is 4. The lowest BCUT2D eigenvalue weighted by Crippen LogP contribution is -2.18. The van der Waals surface area contributed by atoms with Crippen LogP contribution in [0.5, 0.6) is 0 Å². The van der Waals surface area contributed by atoms with Gasteiger partial charge in [0, 0.05) is 5.02 Å². The summed E-state index contributed by atoms with van der Waals surface area (Å²) in [5, 5.41) is 1.97. The summed E-state index contributed by atoms with van der Waals surface area (Å²) in [5.74, 6) is -3.30. The third-order valence-corrected chi connectivity index (χ3v) is 5.59. The number of anilines is 3. The number of sulfonamides is 1. The van der Waals surface area contributed by atoms with E-state index in [2.05, 4.69) is 10.0 Å². The van der Waals surface area contributed by atoms with Crippen molar-refractivity contribution < 1.29 is 21.6 Å². The largest absolute Gasteiger partial charge is 0.349 e. The molecule has 24 heavy (non-hydrogen) atoms. The molecule has 0 heterocycles. The summed E-state index contributed by atoms with van der Waals surface area (Å²) in [5.41, 5.74) is -0.869. The summed E-state index contributed by atoms with van der Waals surface area (Å²) >= 11 is 5.64. The van der Waals surface area contributed by atoms with Gasteiger partial charge in [0.25, 0.3) is 0 Å². The van der Waals surface area contributed by atoms with Crippen LogP contribution in [0.1, 0.15) is 12.8 Å². The van der Waals surface area contributed by atoms with E-state index in [1.807, 2.05) is 0 Å². The molecule has 1 aliphatic carbocycles.